The molecule has 0 bridgehead atoms. The molecule has 3 nitrogen and oxygen atoms in total. The number of nitrogens with zero attached hydrogens (tertiary/aromatic N) is 1. The third kappa shape index (κ3) is 3.06. The fraction of sp³-hybridized carbons (Fsp3) is 0.417. The van der Waals surface area contributed by atoms with Crippen molar-refractivity contribution < 1.29 is 31.9 Å². The maximum atomic E-state index is 13.4. The van der Waals surface area contributed by atoms with Crippen molar-refractivity contribution in [3.05, 3.63) is 34.6 Å². The van der Waals surface area contributed by atoms with Crippen LogP contribution in [-0.2, 0) is 0 Å². The summed E-state index contributed by atoms with van der Waals surface area (Å²) in [4.78, 5) is 12.4. The molecule has 8 heteroatoms. The zero-order chi connectivity index (χ0) is 15.8. The molecule has 112 valence electrons. The Hall–Kier alpha value is -1.70. The van der Waals surface area contributed by atoms with Crippen LogP contribution in [-0.4, -0.2) is 35.1 Å². The van der Waals surface area contributed by atoms with Crippen molar-refractivity contribution in [1.82, 2.24) is 4.90 Å². The standard InChI is InChI=1S/C12H12F5NO2/c1-12(2,20)4-18(3)11(19)5-6(13)8(15)10(17)9(16)7(5)14/h20H,4H2,1-3H3. The van der Waals surface area contributed by atoms with Gasteiger partial charge in [0.2, 0.25) is 5.82 Å². The summed E-state index contributed by atoms with van der Waals surface area (Å²) in [5, 5.41) is 9.49. The second-order valence-corrected chi connectivity index (χ2v) is 4.92. The summed E-state index contributed by atoms with van der Waals surface area (Å²) >= 11 is 0. The van der Waals surface area contributed by atoms with E-state index in [1.54, 1.807) is 0 Å². The smallest absolute Gasteiger partial charge is 0.259 e. The van der Waals surface area contributed by atoms with Crippen LogP contribution in [0.25, 0.3) is 0 Å². The molecule has 0 radical (unpaired) electrons. The Kier molecular flexibility index (Phi) is 4.38. The molecule has 0 unspecified atom stereocenters. The highest BCUT2D eigenvalue weighted by Crippen LogP contribution is 2.24. The van der Waals surface area contributed by atoms with Crippen molar-refractivity contribution in [2.45, 2.75) is 19.4 Å². The van der Waals surface area contributed by atoms with Gasteiger partial charge in [-0.1, -0.05) is 0 Å². The minimum Gasteiger partial charge on any atom is -0.389 e. The van der Waals surface area contributed by atoms with Crippen LogP contribution >= 0.6 is 0 Å². The molecule has 0 fully saturated rings. The van der Waals surface area contributed by atoms with Crippen molar-refractivity contribution in [2.75, 3.05) is 13.6 Å². The summed E-state index contributed by atoms with van der Waals surface area (Å²) in [6.45, 7) is 2.27. The van der Waals surface area contributed by atoms with Gasteiger partial charge in [0.25, 0.3) is 5.91 Å². The first-order valence-corrected chi connectivity index (χ1v) is 5.46. The largest absolute Gasteiger partial charge is 0.389 e. The molecule has 1 N–H and O–H groups in total. The monoisotopic (exact) mass is 297 g/mol. The quantitative estimate of drug-likeness (QED) is 0.528. The number of benzene rings is 1. The average molecular weight is 297 g/mol. The van der Waals surface area contributed by atoms with Crippen molar-refractivity contribution in [3.63, 3.8) is 0 Å². The summed E-state index contributed by atoms with van der Waals surface area (Å²) in [6.07, 6.45) is 0. The molecule has 1 rings (SSSR count). The topological polar surface area (TPSA) is 40.5 Å². The van der Waals surface area contributed by atoms with E-state index in [1.165, 1.54) is 13.8 Å². The Morgan fingerprint density at radius 1 is 1.00 bits per heavy atom. The Morgan fingerprint density at radius 2 is 1.35 bits per heavy atom. The maximum absolute atomic E-state index is 13.4. The minimum absolute atomic E-state index is 0.356. The van der Waals surface area contributed by atoms with Gasteiger partial charge in [-0.25, -0.2) is 22.0 Å². The molecule has 1 amide bonds. The lowest BCUT2D eigenvalue weighted by molar-refractivity contribution is 0.0361. The van der Waals surface area contributed by atoms with E-state index < -0.39 is 46.2 Å². The lowest BCUT2D eigenvalue weighted by Gasteiger charge is -2.25. The number of aliphatic hydroxyl groups is 1. The van der Waals surface area contributed by atoms with E-state index in [9.17, 15) is 31.9 Å². The van der Waals surface area contributed by atoms with Gasteiger partial charge in [-0.2, -0.15) is 0 Å². The van der Waals surface area contributed by atoms with E-state index in [2.05, 4.69) is 0 Å². The number of amides is 1. The van der Waals surface area contributed by atoms with E-state index >= 15 is 0 Å². The van der Waals surface area contributed by atoms with Crippen molar-refractivity contribution in [3.8, 4) is 0 Å². The van der Waals surface area contributed by atoms with Gasteiger partial charge in [0.1, 0.15) is 5.56 Å². The maximum Gasteiger partial charge on any atom is 0.259 e. The third-order valence-electron chi connectivity index (χ3n) is 2.39. The Morgan fingerprint density at radius 3 is 1.70 bits per heavy atom. The third-order valence-corrected chi connectivity index (χ3v) is 2.39. The number of likely N-dealkylation sites (N-methyl/N-ethyl adjacent to an activating group) is 1. The number of rotatable bonds is 3. The molecule has 0 aliphatic carbocycles. The van der Waals surface area contributed by atoms with Crippen LogP contribution in [0, 0.1) is 29.1 Å². The second-order valence-electron chi connectivity index (χ2n) is 4.92. The highest BCUT2D eigenvalue weighted by atomic mass is 19.2. The van der Waals surface area contributed by atoms with E-state index in [1.807, 2.05) is 0 Å². The molecular weight excluding hydrogens is 285 g/mol. The predicted molar refractivity (Wildman–Crippen MR) is 59.5 cm³/mol. The Balaban J connectivity index is 3.31. The van der Waals surface area contributed by atoms with Gasteiger partial charge in [-0.3, -0.25) is 4.79 Å². The fourth-order valence-corrected chi connectivity index (χ4v) is 1.64. The van der Waals surface area contributed by atoms with Crippen LogP contribution in [0.15, 0.2) is 0 Å². The van der Waals surface area contributed by atoms with Crippen LogP contribution in [0.4, 0.5) is 22.0 Å². The van der Waals surface area contributed by atoms with Crippen LogP contribution in [0.2, 0.25) is 0 Å². The predicted octanol–water partition coefficient (Wildman–Crippen LogP) is 2.23. The second kappa shape index (κ2) is 5.35. The van der Waals surface area contributed by atoms with Crippen LogP contribution < -0.4 is 0 Å². The first kappa shape index (κ1) is 16.4. The Labute approximate surface area is 111 Å². The minimum atomic E-state index is -2.33. The summed E-state index contributed by atoms with van der Waals surface area (Å²) in [5.74, 6) is -12.5. The van der Waals surface area contributed by atoms with Gasteiger partial charge in [0, 0.05) is 13.6 Å². The SMILES string of the molecule is CN(CC(C)(C)O)C(=O)c1c(F)c(F)c(F)c(F)c1F. The summed E-state index contributed by atoms with van der Waals surface area (Å²) in [7, 11) is 1.07. The van der Waals surface area contributed by atoms with E-state index in [4.69, 9.17) is 0 Å². The van der Waals surface area contributed by atoms with Gasteiger partial charge in [-0.05, 0) is 13.8 Å². The normalized spacial score (nSPS) is 11.7. The van der Waals surface area contributed by atoms with E-state index in [0.717, 1.165) is 7.05 Å². The van der Waals surface area contributed by atoms with Gasteiger partial charge in [0.05, 0.1) is 5.60 Å². The van der Waals surface area contributed by atoms with Gasteiger partial charge in [0.15, 0.2) is 23.3 Å². The lowest BCUT2D eigenvalue weighted by Crippen LogP contribution is -2.40. The molecule has 0 aliphatic heterocycles. The van der Waals surface area contributed by atoms with Crippen LogP contribution in [0.1, 0.15) is 24.2 Å². The highest BCUT2D eigenvalue weighted by molar-refractivity contribution is 5.94. The molecule has 0 saturated heterocycles. The zero-order valence-electron chi connectivity index (χ0n) is 10.9. The molecule has 0 heterocycles. The number of halogens is 5. The molecule has 0 spiro atoms. The first-order chi connectivity index (χ1) is 8.97. The van der Waals surface area contributed by atoms with Crippen LogP contribution in [0.5, 0.6) is 0 Å². The average Bonchev–Trinajstić information content (AvgIpc) is 2.32. The number of carbonyl (C=O) groups is 1. The first-order valence-electron chi connectivity index (χ1n) is 5.46. The molecular formula is C12H12F5NO2. The lowest BCUT2D eigenvalue weighted by atomic mass is 10.1. The zero-order valence-corrected chi connectivity index (χ0v) is 10.9. The number of hydrogen-bond donors (Lipinski definition) is 1. The number of hydrogen-bond acceptors (Lipinski definition) is 2. The Bertz CT molecular complexity index is 525. The molecule has 1 aromatic carbocycles. The number of carbonyl (C=O) groups excluding carboxylic acids is 1. The van der Waals surface area contributed by atoms with Crippen molar-refractivity contribution in [2.24, 2.45) is 0 Å². The molecule has 0 aliphatic rings. The van der Waals surface area contributed by atoms with Gasteiger partial charge < -0.3 is 10.0 Å². The highest BCUT2D eigenvalue weighted by Gasteiger charge is 2.32. The van der Waals surface area contributed by atoms with Gasteiger partial charge >= 0.3 is 0 Å². The van der Waals surface area contributed by atoms with Crippen molar-refractivity contribution >= 4 is 5.91 Å². The van der Waals surface area contributed by atoms with E-state index in [0.29, 0.717) is 4.90 Å². The molecule has 1 aromatic rings. The van der Waals surface area contributed by atoms with Crippen molar-refractivity contribution in [1.29, 1.82) is 0 Å². The van der Waals surface area contributed by atoms with Gasteiger partial charge in [-0.15, -0.1) is 0 Å². The summed E-state index contributed by atoms with van der Waals surface area (Å²) in [5.41, 5.74) is -2.94. The summed E-state index contributed by atoms with van der Waals surface area (Å²) < 4.78 is 65.6. The molecule has 20 heavy (non-hydrogen) atoms. The molecule has 0 aromatic heterocycles. The molecule has 0 saturated carbocycles. The van der Waals surface area contributed by atoms with E-state index in [-0.39, 0.29) is 6.54 Å². The fourth-order valence-electron chi connectivity index (χ4n) is 1.64. The molecule has 0 atom stereocenters. The summed E-state index contributed by atoms with van der Waals surface area (Å²) in [6, 6.07) is 0. The van der Waals surface area contributed by atoms with Crippen LogP contribution in [0.3, 0.4) is 0 Å².